The van der Waals surface area contributed by atoms with E-state index in [1.54, 1.807) is 0 Å². The normalized spacial score (nSPS) is 10.8. The zero-order valence-electron chi connectivity index (χ0n) is 15.0. The van der Waals surface area contributed by atoms with Gasteiger partial charge in [0.1, 0.15) is 11.3 Å². The van der Waals surface area contributed by atoms with Crippen molar-refractivity contribution in [1.82, 2.24) is 4.90 Å². The molecule has 0 saturated heterocycles. The van der Waals surface area contributed by atoms with E-state index in [1.807, 2.05) is 31.3 Å². The molecule has 0 unspecified atom stereocenters. The third-order valence-corrected chi connectivity index (χ3v) is 4.85. The molecule has 0 radical (unpaired) electrons. The highest BCUT2D eigenvalue weighted by Crippen LogP contribution is 2.27. The summed E-state index contributed by atoms with van der Waals surface area (Å²) in [4.78, 5) is 2.06. The number of thiocarbonyl (C=S) groups is 1. The van der Waals surface area contributed by atoms with Gasteiger partial charge in [-0.05, 0) is 42.4 Å². The van der Waals surface area contributed by atoms with Crippen molar-refractivity contribution < 1.29 is 4.42 Å². The molecule has 0 saturated carbocycles. The topological polar surface area (TPSA) is 28.4 Å². The van der Waals surface area contributed by atoms with Gasteiger partial charge in [-0.25, -0.2) is 0 Å². The van der Waals surface area contributed by atoms with E-state index in [1.165, 1.54) is 16.5 Å². The van der Waals surface area contributed by atoms with Crippen molar-refractivity contribution in [3.63, 3.8) is 0 Å². The third-order valence-electron chi connectivity index (χ3n) is 4.43. The van der Waals surface area contributed by atoms with Gasteiger partial charge < -0.3 is 14.6 Å². The molecule has 3 rings (SSSR count). The number of benzene rings is 2. The second-order valence-corrected chi connectivity index (χ2v) is 6.58. The summed E-state index contributed by atoms with van der Waals surface area (Å²) in [5.74, 6) is 1.03. The molecule has 1 aromatic heterocycles. The Morgan fingerprint density at radius 1 is 1.08 bits per heavy atom. The number of nitrogens with zero attached hydrogens (tertiary/aromatic N) is 1. The molecule has 1 heterocycles. The number of nitrogens with one attached hydrogen (secondary N) is 1. The Labute approximate surface area is 154 Å². The average Bonchev–Trinajstić information content (AvgIpc) is 2.99. The zero-order valence-corrected chi connectivity index (χ0v) is 15.8. The molecule has 4 heteroatoms. The minimum atomic E-state index is 0.709. The molecule has 1 N–H and O–H groups in total. The first-order valence-electron chi connectivity index (χ1n) is 8.72. The van der Waals surface area contributed by atoms with E-state index in [-0.39, 0.29) is 0 Å². The summed E-state index contributed by atoms with van der Waals surface area (Å²) < 4.78 is 5.99. The van der Waals surface area contributed by atoms with Crippen molar-refractivity contribution in [2.75, 3.05) is 12.4 Å². The molecule has 0 amide bonds. The van der Waals surface area contributed by atoms with E-state index in [2.05, 4.69) is 48.3 Å². The van der Waals surface area contributed by atoms with Crippen LogP contribution in [0.5, 0.6) is 0 Å². The summed E-state index contributed by atoms with van der Waals surface area (Å²) in [6.07, 6.45) is 1.88. The van der Waals surface area contributed by atoms with Gasteiger partial charge in [-0.2, -0.15) is 0 Å². The van der Waals surface area contributed by atoms with Crippen LogP contribution in [0.25, 0.3) is 11.0 Å². The van der Waals surface area contributed by atoms with Crippen molar-refractivity contribution in [3.8, 4) is 0 Å². The van der Waals surface area contributed by atoms with Gasteiger partial charge in [-0.15, -0.1) is 0 Å². The summed E-state index contributed by atoms with van der Waals surface area (Å²) in [5, 5.41) is 5.22. The highest BCUT2D eigenvalue weighted by atomic mass is 32.1. The lowest BCUT2D eigenvalue weighted by Gasteiger charge is -2.21. The summed E-state index contributed by atoms with van der Waals surface area (Å²) in [6, 6.07) is 16.6. The van der Waals surface area contributed by atoms with Crippen molar-refractivity contribution >= 4 is 34.0 Å². The van der Waals surface area contributed by atoms with Crippen molar-refractivity contribution in [3.05, 3.63) is 65.4 Å². The minimum absolute atomic E-state index is 0.709. The number of anilines is 1. The van der Waals surface area contributed by atoms with Crippen LogP contribution in [0.4, 0.5) is 5.69 Å². The number of furan rings is 1. The summed E-state index contributed by atoms with van der Waals surface area (Å²) in [6.45, 7) is 4.99. The first-order chi connectivity index (χ1) is 12.1. The highest BCUT2D eigenvalue weighted by Gasteiger charge is 2.15. The number of rotatable bonds is 5. The van der Waals surface area contributed by atoms with Gasteiger partial charge in [0.2, 0.25) is 0 Å². The Hall–Kier alpha value is -2.33. The smallest absolute Gasteiger partial charge is 0.173 e. The summed E-state index contributed by atoms with van der Waals surface area (Å²) in [7, 11) is 2.01. The molecule has 0 aliphatic rings. The SMILES string of the molecule is CCc1cccc(NC(=S)N(C)Cc2c(CC)oc3ccccc23)c1. The van der Waals surface area contributed by atoms with Crippen molar-refractivity contribution in [1.29, 1.82) is 0 Å². The standard InChI is InChI=1S/C21H24N2OS/c1-4-15-9-8-10-16(13-15)22-21(25)23(3)14-18-17-11-6-7-12-20(17)24-19(18)5-2/h6-13H,4-5,14H2,1-3H3,(H,22,25). The van der Waals surface area contributed by atoms with Crippen LogP contribution in [0.15, 0.2) is 52.9 Å². The molecule has 0 bridgehead atoms. The molecule has 0 aliphatic carbocycles. The lowest BCUT2D eigenvalue weighted by molar-refractivity contribution is 0.488. The predicted molar refractivity (Wildman–Crippen MR) is 109 cm³/mol. The maximum absolute atomic E-state index is 5.99. The van der Waals surface area contributed by atoms with Gasteiger partial charge in [0.05, 0.1) is 0 Å². The number of fused-ring (bicyclic) bond motifs is 1. The molecule has 130 valence electrons. The molecule has 25 heavy (non-hydrogen) atoms. The van der Waals surface area contributed by atoms with Crippen LogP contribution in [0.3, 0.4) is 0 Å². The second-order valence-electron chi connectivity index (χ2n) is 6.19. The van der Waals surface area contributed by atoms with Gasteiger partial charge in [-0.1, -0.05) is 44.2 Å². The fourth-order valence-corrected chi connectivity index (χ4v) is 3.19. The Kier molecular flexibility index (Phi) is 5.39. The van der Waals surface area contributed by atoms with Gasteiger partial charge in [-0.3, -0.25) is 0 Å². The van der Waals surface area contributed by atoms with Crippen molar-refractivity contribution in [2.45, 2.75) is 33.2 Å². The van der Waals surface area contributed by atoms with Crippen LogP contribution < -0.4 is 5.32 Å². The summed E-state index contributed by atoms with van der Waals surface area (Å²) >= 11 is 5.60. The van der Waals surface area contributed by atoms with E-state index < -0.39 is 0 Å². The highest BCUT2D eigenvalue weighted by molar-refractivity contribution is 7.80. The first kappa shape index (κ1) is 17.5. The largest absolute Gasteiger partial charge is 0.461 e. The van der Waals surface area contributed by atoms with Crippen LogP contribution >= 0.6 is 12.2 Å². The van der Waals surface area contributed by atoms with Gasteiger partial charge in [0, 0.05) is 36.7 Å². The molecule has 2 aromatic carbocycles. The molecule has 0 atom stereocenters. The van der Waals surface area contributed by atoms with Crippen LogP contribution in [0.2, 0.25) is 0 Å². The Balaban J connectivity index is 1.77. The average molecular weight is 353 g/mol. The molecular weight excluding hydrogens is 328 g/mol. The van der Waals surface area contributed by atoms with Gasteiger partial charge >= 0.3 is 0 Å². The summed E-state index contributed by atoms with van der Waals surface area (Å²) in [5.41, 5.74) is 4.48. The van der Waals surface area contributed by atoms with E-state index in [9.17, 15) is 0 Å². The maximum atomic E-state index is 5.99. The predicted octanol–water partition coefficient (Wildman–Crippen LogP) is 5.39. The van der Waals surface area contributed by atoms with Gasteiger partial charge in [0.15, 0.2) is 5.11 Å². The van der Waals surface area contributed by atoms with E-state index in [4.69, 9.17) is 16.6 Å². The second kappa shape index (κ2) is 7.70. The minimum Gasteiger partial charge on any atom is -0.461 e. The maximum Gasteiger partial charge on any atom is 0.173 e. The molecular formula is C21H24N2OS. The molecule has 0 spiro atoms. The first-order valence-corrected chi connectivity index (χ1v) is 9.13. The number of aryl methyl sites for hydroxylation is 2. The zero-order chi connectivity index (χ0) is 17.8. The Morgan fingerprint density at radius 3 is 2.64 bits per heavy atom. The lowest BCUT2D eigenvalue weighted by atomic mass is 10.1. The van der Waals surface area contributed by atoms with E-state index in [0.717, 1.165) is 36.4 Å². The fraction of sp³-hybridized carbons (Fsp3) is 0.286. The fourth-order valence-electron chi connectivity index (χ4n) is 3.01. The Morgan fingerprint density at radius 2 is 1.88 bits per heavy atom. The monoisotopic (exact) mass is 352 g/mol. The van der Waals surface area contributed by atoms with Crippen LogP contribution in [-0.2, 0) is 19.4 Å². The van der Waals surface area contributed by atoms with E-state index in [0.29, 0.717) is 5.11 Å². The quantitative estimate of drug-likeness (QED) is 0.624. The lowest BCUT2D eigenvalue weighted by Crippen LogP contribution is -2.30. The third kappa shape index (κ3) is 3.85. The van der Waals surface area contributed by atoms with E-state index >= 15 is 0 Å². The number of hydrogen-bond donors (Lipinski definition) is 1. The number of para-hydroxylation sites is 1. The molecule has 3 nitrogen and oxygen atoms in total. The molecule has 0 aliphatic heterocycles. The van der Waals surface area contributed by atoms with Crippen molar-refractivity contribution in [2.24, 2.45) is 0 Å². The molecule has 3 aromatic rings. The van der Waals surface area contributed by atoms with Crippen LogP contribution in [-0.4, -0.2) is 17.1 Å². The Bertz CT molecular complexity index is 884. The number of hydrogen-bond acceptors (Lipinski definition) is 2. The van der Waals surface area contributed by atoms with Crippen LogP contribution in [0, 0.1) is 0 Å². The van der Waals surface area contributed by atoms with Crippen LogP contribution in [0.1, 0.15) is 30.7 Å². The molecule has 0 fully saturated rings. The van der Waals surface area contributed by atoms with Gasteiger partial charge in [0.25, 0.3) is 0 Å².